The molecular weight excluding hydrogens is 308 g/mol. The second-order valence-corrected chi connectivity index (χ2v) is 6.15. The Hall–Kier alpha value is -2.53. The molecule has 0 radical (unpaired) electrons. The number of fused-ring (bicyclic) bond motifs is 3. The highest BCUT2D eigenvalue weighted by Gasteiger charge is 2.13. The van der Waals surface area contributed by atoms with Crippen LogP contribution in [0.15, 0.2) is 48.7 Å². The monoisotopic (exact) mass is 324 g/mol. The molecule has 0 amide bonds. The zero-order chi connectivity index (χ0) is 15.8. The lowest BCUT2D eigenvalue weighted by Crippen LogP contribution is -1.93. The van der Waals surface area contributed by atoms with Crippen molar-refractivity contribution in [3.8, 4) is 22.8 Å². The van der Waals surface area contributed by atoms with Gasteiger partial charge >= 0.3 is 0 Å². The molecule has 2 aromatic carbocycles. The van der Waals surface area contributed by atoms with Crippen molar-refractivity contribution < 1.29 is 9.47 Å². The number of benzene rings is 2. The van der Waals surface area contributed by atoms with Gasteiger partial charge in [-0.2, -0.15) is 0 Å². The molecule has 0 unspecified atom stereocenters. The van der Waals surface area contributed by atoms with Crippen LogP contribution in [0.4, 0.5) is 0 Å². The first-order valence-electron chi connectivity index (χ1n) is 7.48. The van der Waals surface area contributed by atoms with Gasteiger partial charge in [0.25, 0.3) is 0 Å². The van der Waals surface area contributed by atoms with Crippen molar-refractivity contribution in [2.24, 2.45) is 0 Å². The van der Waals surface area contributed by atoms with E-state index in [2.05, 4.69) is 16.7 Å². The zero-order valence-electron chi connectivity index (χ0n) is 12.9. The summed E-state index contributed by atoms with van der Waals surface area (Å²) in [6.07, 6.45) is 2.07. The van der Waals surface area contributed by atoms with Crippen molar-refractivity contribution in [2.45, 2.75) is 6.92 Å². The highest BCUT2D eigenvalue weighted by molar-refractivity contribution is 7.23. The molecule has 5 heteroatoms. The van der Waals surface area contributed by atoms with Crippen molar-refractivity contribution in [3.05, 3.63) is 48.7 Å². The minimum absolute atomic E-state index is 0.641. The van der Waals surface area contributed by atoms with E-state index in [1.807, 2.05) is 43.3 Å². The van der Waals surface area contributed by atoms with Gasteiger partial charge in [-0.1, -0.05) is 23.5 Å². The average Bonchev–Trinajstić information content (AvgIpc) is 3.12. The molecule has 0 spiro atoms. The van der Waals surface area contributed by atoms with Gasteiger partial charge < -0.3 is 9.47 Å². The van der Waals surface area contributed by atoms with Gasteiger partial charge in [-0.15, -0.1) is 0 Å². The van der Waals surface area contributed by atoms with Crippen LogP contribution in [0.3, 0.4) is 0 Å². The van der Waals surface area contributed by atoms with Gasteiger partial charge in [0.05, 0.1) is 29.6 Å². The summed E-state index contributed by atoms with van der Waals surface area (Å²) in [7, 11) is 1.68. The van der Waals surface area contributed by atoms with Crippen molar-refractivity contribution >= 4 is 26.5 Å². The number of ether oxygens (including phenoxy) is 2. The quantitative estimate of drug-likeness (QED) is 0.549. The minimum atomic E-state index is 0.641. The van der Waals surface area contributed by atoms with Crippen LogP contribution in [-0.2, 0) is 0 Å². The molecule has 2 aromatic heterocycles. The number of hydrogen-bond donors (Lipinski definition) is 0. The van der Waals surface area contributed by atoms with Gasteiger partial charge in [0.1, 0.15) is 11.5 Å². The second kappa shape index (κ2) is 5.59. The highest BCUT2D eigenvalue weighted by atomic mass is 32.1. The summed E-state index contributed by atoms with van der Waals surface area (Å²) in [5.41, 5.74) is 3.09. The Bertz CT molecular complexity index is 987. The highest BCUT2D eigenvalue weighted by Crippen LogP contribution is 2.34. The number of nitrogens with zero attached hydrogens (tertiary/aromatic N) is 2. The van der Waals surface area contributed by atoms with E-state index >= 15 is 0 Å². The number of para-hydroxylation sites is 1. The van der Waals surface area contributed by atoms with Crippen LogP contribution in [-0.4, -0.2) is 23.1 Å². The molecule has 0 bridgehead atoms. The molecule has 0 aliphatic heterocycles. The zero-order valence-corrected chi connectivity index (χ0v) is 13.8. The standard InChI is InChI=1S/C18H16N2O2S/c1-3-22-16-7-5-4-6-13(16)14-11-20-15-9-8-12(21-2)10-17(15)23-18(20)19-14/h4-11H,3H2,1-2H3. The largest absolute Gasteiger partial charge is 0.497 e. The molecular formula is C18H16N2O2S. The topological polar surface area (TPSA) is 35.8 Å². The number of thiazole rings is 1. The minimum Gasteiger partial charge on any atom is -0.497 e. The summed E-state index contributed by atoms with van der Waals surface area (Å²) in [4.78, 5) is 5.75. The number of hydrogen-bond acceptors (Lipinski definition) is 4. The summed E-state index contributed by atoms with van der Waals surface area (Å²) in [6.45, 7) is 2.63. The van der Waals surface area contributed by atoms with Crippen LogP contribution >= 0.6 is 11.3 Å². The molecule has 4 nitrogen and oxygen atoms in total. The number of aromatic nitrogens is 2. The Kier molecular flexibility index (Phi) is 3.42. The third-order valence-corrected chi connectivity index (χ3v) is 4.78. The molecule has 0 aliphatic rings. The Morgan fingerprint density at radius 1 is 1.17 bits per heavy atom. The Morgan fingerprint density at radius 3 is 2.87 bits per heavy atom. The predicted molar refractivity (Wildman–Crippen MR) is 93.7 cm³/mol. The summed E-state index contributed by atoms with van der Waals surface area (Å²) < 4.78 is 14.3. The van der Waals surface area contributed by atoms with Crippen molar-refractivity contribution in [1.82, 2.24) is 9.38 Å². The molecule has 0 saturated heterocycles. The lowest BCUT2D eigenvalue weighted by molar-refractivity contribution is 0.341. The van der Waals surface area contributed by atoms with Gasteiger partial charge in [0, 0.05) is 11.8 Å². The van der Waals surface area contributed by atoms with Crippen molar-refractivity contribution in [1.29, 1.82) is 0 Å². The Balaban J connectivity index is 1.87. The van der Waals surface area contributed by atoms with E-state index in [1.165, 1.54) is 0 Å². The normalized spacial score (nSPS) is 11.2. The maximum absolute atomic E-state index is 5.72. The van der Waals surface area contributed by atoms with Crippen molar-refractivity contribution in [2.75, 3.05) is 13.7 Å². The summed E-state index contributed by atoms with van der Waals surface area (Å²) in [5, 5.41) is 0. The molecule has 2 heterocycles. The number of imidazole rings is 1. The van der Waals surface area contributed by atoms with Crippen LogP contribution < -0.4 is 9.47 Å². The summed E-state index contributed by atoms with van der Waals surface area (Å²) in [6, 6.07) is 14.1. The van der Waals surface area contributed by atoms with E-state index in [4.69, 9.17) is 14.5 Å². The first kappa shape index (κ1) is 14.1. The van der Waals surface area contributed by atoms with E-state index in [-0.39, 0.29) is 0 Å². The van der Waals surface area contributed by atoms with Gasteiger partial charge in [-0.25, -0.2) is 4.98 Å². The third kappa shape index (κ3) is 2.33. The SMILES string of the molecule is CCOc1ccccc1-c1cn2c(n1)sc1cc(OC)ccc12. The fourth-order valence-corrected chi connectivity index (χ4v) is 3.73. The fourth-order valence-electron chi connectivity index (χ4n) is 2.70. The maximum atomic E-state index is 5.72. The Labute approximate surface area is 137 Å². The van der Waals surface area contributed by atoms with E-state index in [1.54, 1.807) is 18.4 Å². The van der Waals surface area contributed by atoms with Crippen LogP contribution in [0.25, 0.3) is 26.4 Å². The first-order valence-corrected chi connectivity index (χ1v) is 8.29. The lowest BCUT2D eigenvalue weighted by Gasteiger charge is -2.07. The van der Waals surface area contributed by atoms with Gasteiger partial charge in [0.2, 0.25) is 0 Å². The van der Waals surface area contributed by atoms with Crippen LogP contribution in [0.5, 0.6) is 11.5 Å². The van der Waals surface area contributed by atoms with E-state index in [0.717, 1.165) is 37.9 Å². The smallest absolute Gasteiger partial charge is 0.195 e. The van der Waals surface area contributed by atoms with Gasteiger partial charge in [-0.05, 0) is 37.3 Å². The molecule has 0 atom stereocenters. The summed E-state index contributed by atoms with van der Waals surface area (Å²) >= 11 is 1.66. The average molecular weight is 324 g/mol. The van der Waals surface area contributed by atoms with E-state index < -0.39 is 0 Å². The molecule has 0 aliphatic carbocycles. The lowest BCUT2D eigenvalue weighted by atomic mass is 10.1. The van der Waals surface area contributed by atoms with Crippen molar-refractivity contribution in [3.63, 3.8) is 0 Å². The van der Waals surface area contributed by atoms with Gasteiger partial charge in [0.15, 0.2) is 4.96 Å². The van der Waals surface area contributed by atoms with E-state index in [9.17, 15) is 0 Å². The third-order valence-electron chi connectivity index (χ3n) is 3.76. The van der Waals surface area contributed by atoms with E-state index in [0.29, 0.717) is 6.61 Å². The summed E-state index contributed by atoms with van der Waals surface area (Å²) in [5.74, 6) is 1.73. The Morgan fingerprint density at radius 2 is 2.04 bits per heavy atom. The molecule has 0 fully saturated rings. The molecule has 4 aromatic rings. The fraction of sp³-hybridized carbons (Fsp3) is 0.167. The predicted octanol–water partition coefficient (Wildman–Crippen LogP) is 4.62. The number of methoxy groups -OCH3 is 1. The molecule has 0 N–H and O–H groups in total. The molecule has 4 rings (SSSR count). The van der Waals surface area contributed by atoms with Gasteiger partial charge in [-0.3, -0.25) is 4.40 Å². The van der Waals surface area contributed by atoms with Crippen LogP contribution in [0.2, 0.25) is 0 Å². The van der Waals surface area contributed by atoms with Crippen LogP contribution in [0.1, 0.15) is 6.92 Å². The molecule has 0 saturated carbocycles. The molecule has 23 heavy (non-hydrogen) atoms. The second-order valence-electron chi connectivity index (χ2n) is 5.14. The number of rotatable bonds is 4. The maximum Gasteiger partial charge on any atom is 0.195 e. The molecule has 116 valence electrons. The first-order chi connectivity index (χ1) is 11.3. The van der Waals surface area contributed by atoms with Crippen LogP contribution in [0, 0.1) is 0 Å².